The number of halogens is 6. The number of hydrogen-bond donors (Lipinski definition) is 0. The summed E-state index contributed by atoms with van der Waals surface area (Å²) < 4.78 is 80.2. The van der Waals surface area contributed by atoms with Crippen molar-refractivity contribution in [1.29, 1.82) is 0 Å². The summed E-state index contributed by atoms with van der Waals surface area (Å²) in [7, 11) is 0. The smallest absolute Gasteiger partial charge is 0.294 e. The fourth-order valence-electron chi connectivity index (χ4n) is 2.77. The van der Waals surface area contributed by atoms with Gasteiger partial charge >= 0.3 is 12.4 Å². The van der Waals surface area contributed by atoms with Gasteiger partial charge in [0.1, 0.15) is 16.4 Å². The first kappa shape index (κ1) is 19.6. The molecule has 0 aliphatic heterocycles. The number of imidazole rings is 1. The third-order valence-corrected chi connectivity index (χ3v) is 5.01. The SMILES string of the molecule is CCSc1c(-c2nc3ccc(C(F)(F)F)cn3n2)nc2cc(C(F)(F)F)ccn12. The van der Waals surface area contributed by atoms with Gasteiger partial charge in [0.25, 0.3) is 0 Å². The molecule has 0 atom stereocenters. The van der Waals surface area contributed by atoms with Gasteiger partial charge in [-0.3, -0.25) is 4.40 Å². The molecule has 4 aromatic rings. The fraction of sp³-hybridized carbons (Fsp3) is 0.235. The molecule has 0 spiro atoms. The molecule has 0 unspecified atom stereocenters. The van der Waals surface area contributed by atoms with Crippen LogP contribution in [0, 0.1) is 0 Å². The van der Waals surface area contributed by atoms with Crippen molar-refractivity contribution < 1.29 is 26.3 Å². The number of pyridine rings is 2. The molecule has 0 aromatic carbocycles. The number of hydrogen-bond acceptors (Lipinski definition) is 4. The largest absolute Gasteiger partial charge is 0.417 e. The van der Waals surface area contributed by atoms with Gasteiger partial charge in [-0.25, -0.2) is 14.5 Å². The first-order valence-electron chi connectivity index (χ1n) is 8.24. The Hall–Kier alpha value is -2.76. The van der Waals surface area contributed by atoms with Crippen LogP contribution in [0.1, 0.15) is 18.1 Å². The van der Waals surface area contributed by atoms with E-state index in [1.807, 2.05) is 6.92 Å². The van der Waals surface area contributed by atoms with Crippen molar-refractivity contribution in [3.8, 4) is 11.5 Å². The number of aromatic nitrogens is 5. The van der Waals surface area contributed by atoms with Crippen LogP contribution in [0.15, 0.2) is 41.7 Å². The van der Waals surface area contributed by atoms with Crippen molar-refractivity contribution in [2.75, 3.05) is 5.75 Å². The molecule has 0 radical (unpaired) electrons. The van der Waals surface area contributed by atoms with Gasteiger partial charge in [0.15, 0.2) is 5.65 Å². The maximum atomic E-state index is 13.0. The second-order valence-electron chi connectivity index (χ2n) is 5.99. The molecule has 0 saturated heterocycles. The van der Waals surface area contributed by atoms with Gasteiger partial charge in [-0.15, -0.1) is 16.9 Å². The summed E-state index contributed by atoms with van der Waals surface area (Å²) in [6.45, 7) is 1.85. The molecule has 12 heteroatoms. The third-order valence-electron chi connectivity index (χ3n) is 4.06. The van der Waals surface area contributed by atoms with E-state index in [2.05, 4.69) is 15.1 Å². The molecule has 4 heterocycles. The standard InChI is InChI=1S/C17H11F6N5S/c1-2-29-15-13(24-12-7-9(16(18,19)20)5-6-27(12)15)14-25-11-4-3-10(17(21,22)23)8-28(11)26-14/h3-8H,2H2,1H3. The van der Waals surface area contributed by atoms with Crippen LogP contribution in [0.2, 0.25) is 0 Å². The molecule has 4 rings (SSSR count). The fourth-order valence-corrected chi connectivity index (χ4v) is 3.61. The molecule has 29 heavy (non-hydrogen) atoms. The molecule has 0 fully saturated rings. The Bertz CT molecular complexity index is 1210. The lowest BCUT2D eigenvalue weighted by Gasteiger charge is -2.07. The highest BCUT2D eigenvalue weighted by Crippen LogP contribution is 2.35. The van der Waals surface area contributed by atoms with Crippen LogP contribution in [0.25, 0.3) is 22.8 Å². The van der Waals surface area contributed by atoms with Crippen LogP contribution in [0.5, 0.6) is 0 Å². The van der Waals surface area contributed by atoms with Crippen molar-refractivity contribution >= 4 is 23.1 Å². The Balaban J connectivity index is 1.89. The summed E-state index contributed by atoms with van der Waals surface area (Å²) in [4.78, 5) is 8.41. The number of nitrogens with zero attached hydrogens (tertiary/aromatic N) is 5. The third kappa shape index (κ3) is 3.52. The van der Waals surface area contributed by atoms with Crippen molar-refractivity contribution in [2.45, 2.75) is 24.3 Å². The summed E-state index contributed by atoms with van der Waals surface area (Å²) >= 11 is 1.31. The highest BCUT2D eigenvalue weighted by molar-refractivity contribution is 7.99. The van der Waals surface area contributed by atoms with Crippen LogP contribution in [-0.4, -0.2) is 29.7 Å². The van der Waals surface area contributed by atoms with Crippen LogP contribution in [0.3, 0.4) is 0 Å². The molecule has 152 valence electrons. The number of alkyl halides is 6. The van der Waals surface area contributed by atoms with E-state index in [0.29, 0.717) is 10.8 Å². The second kappa shape index (κ2) is 6.65. The van der Waals surface area contributed by atoms with E-state index in [1.165, 1.54) is 28.4 Å². The van der Waals surface area contributed by atoms with E-state index in [4.69, 9.17) is 0 Å². The minimum absolute atomic E-state index is 0.0255. The van der Waals surface area contributed by atoms with Gasteiger partial charge in [0.05, 0.1) is 11.1 Å². The summed E-state index contributed by atoms with van der Waals surface area (Å²) in [5.41, 5.74) is -1.34. The maximum absolute atomic E-state index is 13.0. The van der Waals surface area contributed by atoms with E-state index in [9.17, 15) is 26.3 Å². The zero-order chi connectivity index (χ0) is 21.0. The average molecular weight is 431 g/mol. The molecule has 0 bridgehead atoms. The molecule has 0 aliphatic rings. The number of fused-ring (bicyclic) bond motifs is 2. The number of thioether (sulfide) groups is 1. The van der Waals surface area contributed by atoms with E-state index in [-0.39, 0.29) is 22.8 Å². The summed E-state index contributed by atoms with van der Waals surface area (Å²) in [6.07, 6.45) is -7.01. The zero-order valence-corrected chi connectivity index (χ0v) is 15.4. The van der Waals surface area contributed by atoms with E-state index >= 15 is 0 Å². The minimum Gasteiger partial charge on any atom is -0.294 e. The molecule has 5 nitrogen and oxygen atoms in total. The summed E-state index contributed by atoms with van der Waals surface area (Å²) in [6, 6.07) is 3.89. The lowest BCUT2D eigenvalue weighted by molar-refractivity contribution is -0.138. The van der Waals surface area contributed by atoms with Gasteiger partial charge in [0, 0.05) is 12.4 Å². The van der Waals surface area contributed by atoms with E-state index in [1.54, 1.807) is 0 Å². The van der Waals surface area contributed by atoms with E-state index < -0.39 is 23.5 Å². The quantitative estimate of drug-likeness (QED) is 0.331. The Morgan fingerprint density at radius 3 is 2.31 bits per heavy atom. The predicted octanol–water partition coefficient (Wildman–Crippen LogP) is 5.19. The molecule has 0 amide bonds. The summed E-state index contributed by atoms with van der Waals surface area (Å²) in [5, 5.41) is 4.56. The summed E-state index contributed by atoms with van der Waals surface area (Å²) in [5.74, 6) is 0.616. The van der Waals surface area contributed by atoms with Crippen LogP contribution < -0.4 is 0 Å². The molecule has 0 saturated carbocycles. The maximum Gasteiger partial charge on any atom is 0.417 e. The first-order valence-corrected chi connectivity index (χ1v) is 9.22. The zero-order valence-electron chi connectivity index (χ0n) is 14.6. The molecule has 4 aromatic heterocycles. The Labute approximate surface area is 163 Å². The predicted molar refractivity (Wildman–Crippen MR) is 93.6 cm³/mol. The normalized spacial score (nSPS) is 12.9. The van der Waals surface area contributed by atoms with Gasteiger partial charge in [-0.1, -0.05) is 6.92 Å². The highest BCUT2D eigenvalue weighted by Gasteiger charge is 2.32. The lowest BCUT2D eigenvalue weighted by atomic mass is 10.2. The molecular formula is C17H11F6N5S. The van der Waals surface area contributed by atoms with Crippen LogP contribution in [0.4, 0.5) is 26.3 Å². The Morgan fingerprint density at radius 2 is 1.66 bits per heavy atom. The minimum atomic E-state index is -4.54. The monoisotopic (exact) mass is 431 g/mol. The van der Waals surface area contributed by atoms with Gasteiger partial charge in [-0.05, 0) is 30.0 Å². The Morgan fingerprint density at radius 1 is 0.931 bits per heavy atom. The topological polar surface area (TPSA) is 47.5 Å². The van der Waals surface area contributed by atoms with Gasteiger partial charge in [0.2, 0.25) is 5.82 Å². The van der Waals surface area contributed by atoms with Crippen LogP contribution >= 0.6 is 11.8 Å². The molecule has 0 N–H and O–H groups in total. The average Bonchev–Trinajstić information content (AvgIpc) is 3.20. The van der Waals surface area contributed by atoms with E-state index in [0.717, 1.165) is 28.9 Å². The van der Waals surface area contributed by atoms with Crippen molar-refractivity contribution in [3.05, 3.63) is 47.8 Å². The molecular weight excluding hydrogens is 420 g/mol. The highest BCUT2D eigenvalue weighted by atomic mass is 32.2. The number of rotatable bonds is 3. The van der Waals surface area contributed by atoms with Crippen molar-refractivity contribution in [1.82, 2.24) is 24.0 Å². The Kier molecular flexibility index (Phi) is 4.48. The van der Waals surface area contributed by atoms with Crippen molar-refractivity contribution in [3.63, 3.8) is 0 Å². The second-order valence-corrected chi connectivity index (χ2v) is 7.25. The first-order chi connectivity index (χ1) is 13.6. The van der Waals surface area contributed by atoms with Gasteiger partial charge in [-0.2, -0.15) is 26.3 Å². The van der Waals surface area contributed by atoms with Gasteiger partial charge < -0.3 is 0 Å². The lowest BCUT2D eigenvalue weighted by Crippen LogP contribution is -2.06. The van der Waals surface area contributed by atoms with Crippen LogP contribution in [-0.2, 0) is 12.4 Å². The molecule has 0 aliphatic carbocycles. The van der Waals surface area contributed by atoms with Crippen molar-refractivity contribution in [2.24, 2.45) is 0 Å².